The quantitative estimate of drug-likeness (QED) is 0.0889. The molecule has 0 amide bonds. The third-order valence-electron chi connectivity index (χ3n) is 9.19. The van der Waals surface area contributed by atoms with Gasteiger partial charge in [-0.3, -0.25) is 0 Å². The Balaban J connectivity index is 0.000000186. The standard InChI is InChI=1S/2C20H20P.C8H11N.Fe/c2*1-15-9-4-6-12-18(15)21(20-14-8-11-17(20)3)19-13-7-5-10-16(19)2;1-9(2)8-6-4-3-5-7-8;/h2*4-14H,1-3H3;3-7H,1-2H3;/q-5;-1;;. The van der Waals surface area contributed by atoms with E-state index >= 15 is 0 Å². The molecule has 0 saturated heterocycles. The average molecular weight is 760 g/mol. The summed E-state index contributed by atoms with van der Waals surface area (Å²) in [5.74, 6) is 0. The molecule has 7 aromatic carbocycles. The van der Waals surface area contributed by atoms with Crippen molar-refractivity contribution < 1.29 is 17.1 Å². The third kappa shape index (κ3) is 10.1. The topological polar surface area (TPSA) is 3.24 Å². The number of rotatable bonds is 7. The van der Waals surface area contributed by atoms with Crippen molar-refractivity contribution >= 4 is 53.4 Å². The minimum absolute atomic E-state index is 0. The Morgan fingerprint density at radius 1 is 0.481 bits per heavy atom. The molecule has 0 aromatic heterocycles. The normalized spacial score (nSPS) is 10.5. The van der Waals surface area contributed by atoms with Gasteiger partial charge in [-0.1, -0.05) is 130 Å². The molecule has 0 aliphatic carbocycles. The Morgan fingerprint density at radius 2 is 0.885 bits per heavy atom. The molecule has 0 aliphatic heterocycles. The van der Waals surface area contributed by atoms with Crippen molar-refractivity contribution in [3.8, 4) is 0 Å². The van der Waals surface area contributed by atoms with E-state index in [1.54, 1.807) is 0 Å². The monoisotopic (exact) mass is 759 g/mol. The fourth-order valence-corrected chi connectivity index (χ4v) is 11.8. The van der Waals surface area contributed by atoms with Crippen molar-refractivity contribution in [3.63, 3.8) is 0 Å². The van der Waals surface area contributed by atoms with Gasteiger partial charge in [0, 0.05) is 36.9 Å². The molecule has 7 aromatic rings. The summed E-state index contributed by atoms with van der Waals surface area (Å²) in [4.78, 5) is 2.08. The number of hydrogen-bond acceptors (Lipinski definition) is 1. The SMILES string of the molecule is CN(C)c1ccccc1.Cc1ccccc1P(c1ccccc1C)[c-]1[cH-][cH-][cH-][c-]1C.Cc1ccccc1P(c1ccccc1C)[c-]1cccc1C.[Fe]. The Labute approximate surface area is 326 Å². The molecular weight excluding hydrogens is 708 g/mol. The van der Waals surface area contributed by atoms with E-state index in [1.807, 2.05) is 32.3 Å². The van der Waals surface area contributed by atoms with E-state index in [4.69, 9.17) is 0 Å². The van der Waals surface area contributed by atoms with Crippen molar-refractivity contribution in [2.24, 2.45) is 0 Å². The fraction of sp³-hybridized carbons (Fsp3) is 0.167. The Morgan fingerprint density at radius 3 is 1.21 bits per heavy atom. The molecular formula is C48H51FeNP2-6. The summed E-state index contributed by atoms with van der Waals surface area (Å²) < 4.78 is 0. The maximum absolute atomic E-state index is 2.29. The summed E-state index contributed by atoms with van der Waals surface area (Å²) in [5, 5.41) is 8.83. The second-order valence-electron chi connectivity index (χ2n) is 13.2. The molecule has 0 aliphatic rings. The van der Waals surface area contributed by atoms with E-state index in [9.17, 15) is 0 Å². The van der Waals surface area contributed by atoms with Crippen LogP contribution in [0, 0.1) is 41.5 Å². The predicted octanol–water partition coefficient (Wildman–Crippen LogP) is 9.93. The second-order valence-corrected chi connectivity index (χ2v) is 17.5. The maximum atomic E-state index is 2.29. The molecule has 0 saturated carbocycles. The van der Waals surface area contributed by atoms with Crippen LogP contribution in [0.2, 0.25) is 0 Å². The van der Waals surface area contributed by atoms with E-state index < -0.39 is 15.8 Å². The van der Waals surface area contributed by atoms with Gasteiger partial charge in [0.15, 0.2) is 0 Å². The van der Waals surface area contributed by atoms with Gasteiger partial charge in [-0.15, -0.1) is 5.30 Å². The van der Waals surface area contributed by atoms with Gasteiger partial charge in [0.2, 0.25) is 0 Å². The molecule has 0 unspecified atom stereocenters. The van der Waals surface area contributed by atoms with E-state index in [-0.39, 0.29) is 17.1 Å². The number of anilines is 1. The zero-order chi connectivity index (χ0) is 36.3. The van der Waals surface area contributed by atoms with E-state index in [0.29, 0.717) is 0 Å². The first-order valence-corrected chi connectivity index (χ1v) is 20.4. The van der Waals surface area contributed by atoms with Crippen LogP contribution >= 0.6 is 15.8 Å². The predicted molar refractivity (Wildman–Crippen MR) is 231 cm³/mol. The molecule has 1 nitrogen and oxygen atoms in total. The van der Waals surface area contributed by atoms with E-state index in [0.717, 1.165) is 0 Å². The van der Waals surface area contributed by atoms with Gasteiger partial charge >= 0.3 is 0 Å². The average Bonchev–Trinajstić information content (AvgIpc) is 3.76. The van der Waals surface area contributed by atoms with Crippen LogP contribution in [0.1, 0.15) is 33.4 Å². The molecule has 272 valence electrons. The van der Waals surface area contributed by atoms with Gasteiger partial charge in [0.1, 0.15) is 0 Å². The maximum Gasteiger partial charge on any atom is 0.0360 e. The van der Waals surface area contributed by atoms with Gasteiger partial charge in [0.25, 0.3) is 0 Å². The molecule has 0 fully saturated rings. The summed E-state index contributed by atoms with van der Waals surface area (Å²) in [6, 6.07) is 58.9. The van der Waals surface area contributed by atoms with Gasteiger partial charge in [-0.05, 0) is 83.3 Å². The van der Waals surface area contributed by atoms with Crippen LogP contribution in [0.15, 0.2) is 164 Å². The minimum Gasteiger partial charge on any atom is -0.747 e. The smallest absolute Gasteiger partial charge is 0.0360 e. The number of benzene rings is 5. The molecule has 0 atom stereocenters. The number of aryl methyl sites for hydroxylation is 6. The third-order valence-corrected chi connectivity index (χ3v) is 15.1. The molecule has 0 N–H and O–H groups in total. The fourth-order valence-electron chi connectivity index (χ4n) is 6.26. The molecule has 52 heavy (non-hydrogen) atoms. The van der Waals surface area contributed by atoms with Gasteiger partial charge in [-0.2, -0.15) is 11.6 Å². The molecule has 0 heterocycles. The van der Waals surface area contributed by atoms with E-state index in [2.05, 4.69) is 192 Å². The second kappa shape index (κ2) is 19.7. The zero-order valence-electron chi connectivity index (χ0n) is 31.8. The molecule has 7 rings (SSSR count). The number of para-hydroxylation sites is 1. The van der Waals surface area contributed by atoms with Crippen LogP contribution in [0.4, 0.5) is 5.69 Å². The van der Waals surface area contributed by atoms with Gasteiger partial charge in [0.05, 0.1) is 0 Å². The van der Waals surface area contributed by atoms with Crippen LogP contribution < -0.4 is 36.7 Å². The summed E-state index contributed by atoms with van der Waals surface area (Å²) in [7, 11) is 3.13. The summed E-state index contributed by atoms with van der Waals surface area (Å²) in [6.07, 6.45) is 0. The molecule has 4 heteroatoms. The van der Waals surface area contributed by atoms with Crippen molar-refractivity contribution in [2.45, 2.75) is 41.5 Å². The van der Waals surface area contributed by atoms with Crippen molar-refractivity contribution in [1.82, 2.24) is 0 Å². The zero-order valence-corrected chi connectivity index (χ0v) is 34.7. The van der Waals surface area contributed by atoms with E-state index in [1.165, 1.54) is 70.9 Å². The van der Waals surface area contributed by atoms with Gasteiger partial charge in [-0.25, -0.2) is 27.0 Å². The number of nitrogens with zero attached hydrogens (tertiary/aromatic N) is 1. The Bertz CT molecular complexity index is 1900. The Hall–Kier alpha value is -4.02. The first kappa shape index (κ1) is 40.7. The molecule has 0 radical (unpaired) electrons. The van der Waals surface area contributed by atoms with Crippen LogP contribution in [-0.2, 0) is 17.1 Å². The molecule has 0 bridgehead atoms. The van der Waals surface area contributed by atoms with Crippen LogP contribution in [0.25, 0.3) is 0 Å². The summed E-state index contributed by atoms with van der Waals surface area (Å²) >= 11 is 0. The summed E-state index contributed by atoms with van der Waals surface area (Å²) in [6.45, 7) is 13.3. The minimum atomic E-state index is -0.471. The first-order valence-electron chi connectivity index (χ1n) is 17.7. The summed E-state index contributed by atoms with van der Waals surface area (Å²) in [5.41, 5.74) is 9.57. The molecule has 0 spiro atoms. The van der Waals surface area contributed by atoms with Crippen molar-refractivity contribution in [3.05, 3.63) is 197 Å². The first-order chi connectivity index (χ1) is 24.7. The van der Waals surface area contributed by atoms with Gasteiger partial charge < -0.3 is 34.0 Å². The van der Waals surface area contributed by atoms with Crippen molar-refractivity contribution in [2.75, 3.05) is 19.0 Å². The van der Waals surface area contributed by atoms with Crippen molar-refractivity contribution in [1.29, 1.82) is 0 Å². The number of hydrogen-bond donors (Lipinski definition) is 0. The van der Waals surface area contributed by atoms with Crippen LogP contribution in [0.3, 0.4) is 0 Å². The Kier molecular flexibility index (Phi) is 15.4. The largest absolute Gasteiger partial charge is 0.747 e. The van der Waals surface area contributed by atoms with Crippen LogP contribution in [-0.4, -0.2) is 14.1 Å². The van der Waals surface area contributed by atoms with Crippen LogP contribution in [0.5, 0.6) is 0 Å².